The lowest BCUT2D eigenvalue weighted by Crippen LogP contribution is -2.10. The van der Waals surface area contributed by atoms with Crippen LogP contribution in [0.2, 0.25) is 0 Å². The molecule has 2 aromatic rings. The van der Waals surface area contributed by atoms with Gasteiger partial charge < -0.3 is 0 Å². The number of aryl methyl sites for hydroxylation is 1. The second kappa shape index (κ2) is 5.68. The van der Waals surface area contributed by atoms with E-state index in [1.807, 2.05) is 20.8 Å². The summed E-state index contributed by atoms with van der Waals surface area (Å²) in [6.07, 6.45) is 3.05. The molecule has 1 aromatic carbocycles. The highest BCUT2D eigenvalue weighted by atomic mass is 32.2. The van der Waals surface area contributed by atoms with E-state index in [-0.39, 0.29) is 0 Å². The Morgan fingerprint density at radius 2 is 1.41 bits per heavy atom. The van der Waals surface area contributed by atoms with Gasteiger partial charge in [0.05, 0.1) is 4.90 Å². The highest BCUT2D eigenvalue weighted by Gasteiger charge is 2.14. The monoisotopic (exact) mass is 251 g/mol. The topological polar surface area (TPSA) is 39.1 Å². The van der Waals surface area contributed by atoms with E-state index in [0.717, 1.165) is 5.56 Å². The van der Waals surface area contributed by atoms with Crippen molar-refractivity contribution < 1.29 is 8.42 Å². The van der Waals surface area contributed by atoms with Gasteiger partial charge in [-0.25, -0.2) is 12.4 Å². The second-order valence-corrected chi connectivity index (χ2v) is 5.17. The number of nitrogens with zero attached hydrogens (tertiary/aromatic N) is 1. The van der Waals surface area contributed by atoms with Gasteiger partial charge in [0.15, 0.2) is 0 Å². The lowest BCUT2D eigenvalue weighted by Gasteiger charge is -2.05. The Morgan fingerprint density at radius 3 is 1.88 bits per heavy atom. The van der Waals surface area contributed by atoms with E-state index in [9.17, 15) is 8.42 Å². The third-order valence-corrected chi connectivity index (χ3v) is 3.84. The van der Waals surface area contributed by atoms with Gasteiger partial charge in [-0.2, -0.15) is 0 Å². The first kappa shape index (κ1) is 13.5. The van der Waals surface area contributed by atoms with Gasteiger partial charge in [0.1, 0.15) is 0 Å². The third kappa shape index (κ3) is 2.97. The summed E-state index contributed by atoms with van der Waals surface area (Å²) in [4.78, 5) is 0.310. The maximum Gasteiger partial charge on any atom is 0.267 e. The summed E-state index contributed by atoms with van der Waals surface area (Å²) in [7, 11) is -3.40. The Kier molecular flexibility index (Phi) is 4.52. The first-order valence-corrected chi connectivity index (χ1v) is 7.00. The van der Waals surface area contributed by atoms with Gasteiger partial charge >= 0.3 is 0 Å². The van der Waals surface area contributed by atoms with E-state index in [0.29, 0.717) is 4.90 Å². The predicted molar refractivity (Wildman–Crippen MR) is 69.5 cm³/mol. The fraction of sp³-hybridized carbons (Fsp3) is 0.231. The number of aromatic nitrogens is 1. The van der Waals surface area contributed by atoms with Crippen LogP contribution in [0.3, 0.4) is 0 Å². The molecule has 1 aromatic heterocycles. The van der Waals surface area contributed by atoms with Crippen molar-refractivity contribution in [1.29, 1.82) is 0 Å². The van der Waals surface area contributed by atoms with Crippen LogP contribution in [0.1, 0.15) is 19.4 Å². The predicted octanol–water partition coefficient (Wildman–Crippen LogP) is 3.06. The molecule has 0 saturated carbocycles. The van der Waals surface area contributed by atoms with Gasteiger partial charge in [0.25, 0.3) is 10.0 Å². The summed E-state index contributed by atoms with van der Waals surface area (Å²) >= 11 is 0. The molecule has 0 N–H and O–H groups in total. The molecule has 1 heterocycles. The molecule has 17 heavy (non-hydrogen) atoms. The Balaban J connectivity index is 0.000000686. The molecular formula is C13H17NO2S. The van der Waals surface area contributed by atoms with Crippen LogP contribution >= 0.6 is 0 Å². The van der Waals surface area contributed by atoms with Crippen molar-refractivity contribution in [3.8, 4) is 0 Å². The first-order valence-electron chi connectivity index (χ1n) is 5.56. The largest absolute Gasteiger partial charge is 0.267 e. The minimum Gasteiger partial charge on any atom is -0.249 e. The van der Waals surface area contributed by atoms with Crippen molar-refractivity contribution in [2.75, 3.05) is 0 Å². The van der Waals surface area contributed by atoms with Gasteiger partial charge in [0, 0.05) is 12.4 Å². The normalized spacial score (nSPS) is 10.5. The molecule has 0 radical (unpaired) electrons. The molecule has 0 unspecified atom stereocenters. The maximum atomic E-state index is 12.0. The van der Waals surface area contributed by atoms with Gasteiger partial charge in [-0.15, -0.1) is 0 Å². The summed E-state index contributed by atoms with van der Waals surface area (Å²) in [5.74, 6) is 0. The highest BCUT2D eigenvalue weighted by molar-refractivity contribution is 7.90. The van der Waals surface area contributed by atoms with Gasteiger partial charge in [0.2, 0.25) is 0 Å². The van der Waals surface area contributed by atoms with Crippen LogP contribution in [-0.2, 0) is 10.0 Å². The first-order chi connectivity index (χ1) is 8.10. The molecule has 0 fully saturated rings. The molecule has 92 valence electrons. The fourth-order valence-corrected chi connectivity index (χ4v) is 2.50. The molecular weight excluding hydrogens is 234 g/mol. The average Bonchev–Trinajstić information content (AvgIpc) is 2.86. The van der Waals surface area contributed by atoms with E-state index in [1.54, 1.807) is 36.4 Å². The molecule has 0 spiro atoms. The smallest absolute Gasteiger partial charge is 0.249 e. The minimum atomic E-state index is -3.40. The van der Waals surface area contributed by atoms with Crippen molar-refractivity contribution in [3.05, 3.63) is 54.4 Å². The zero-order valence-corrected chi connectivity index (χ0v) is 11.1. The molecule has 0 aliphatic carbocycles. The molecule has 3 nitrogen and oxygen atoms in total. The molecule has 0 saturated heterocycles. The number of benzene rings is 1. The Morgan fingerprint density at radius 1 is 0.941 bits per heavy atom. The van der Waals surface area contributed by atoms with Crippen molar-refractivity contribution in [2.45, 2.75) is 25.7 Å². The SMILES string of the molecule is CC.Cc1ccc(S(=O)(=O)n2cccc2)cc1. The second-order valence-electron chi connectivity index (χ2n) is 3.33. The molecule has 0 bridgehead atoms. The highest BCUT2D eigenvalue weighted by Crippen LogP contribution is 2.14. The standard InChI is InChI=1S/C11H11NO2S.C2H6/c1-10-4-6-11(7-5-10)15(13,14)12-8-2-3-9-12;1-2/h2-9H,1H3;1-2H3. The molecule has 0 amide bonds. The van der Waals surface area contributed by atoms with Gasteiger partial charge in [-0.3, -0.25) is 0 Å². The van der Waals surface area contributed by atoms with Crippen LogP contribution in [0.15, 0.2) is 53.7 Å². The quantitative estimate of drug-likeness (QED) is 0.823. The average molecular weight is 251 g/mol. The van der Waals surface area contributed by atoms with Crippen LogP contribution in [0.25, 0.3) is 0 Å². The fourth-order valence-electron chi connectivity index (χ4n) is 1.31. The summed E-state index contributed by atoms with van der Waals surface area (Å²) in [5, 5.41) is 0. The molecule has 4 heteroatoms. The van der Waals surface area contributed by atoms with E-state index in [4.69, 9.17) is 0 Å². The van der Waals surface area contributed by atoms with Crippen molar-refractivity contribution in [3.63, 3.8) is 0 Å². The number of hydrogen-bond donors (Lipinski definition) is 0. The van der Waals surface area contributed by atoms with E-state index >= 15 is 0 Å². The van der Waals surface area contributed by atoms with Gasteiger partial charge in [-0.1, -0.05) is 31.5 Å². The van der Waals surface area contributed by atoms with E-state index < -0.39 is 10.0 Å². The van der Waals surface area contributed by atoms with Crippen LogP contribution < -0.4 is 0 Å². The summed E-state index contributed by atoms with van der Waals surface area (Å²) in [6, 6.07) is 10.2. The zero-order chi connectivity index (χ0) is 12.9. The van der Waals surface area contributed by atoms with Crippen molar-refractivity contribution in [1.82, 2.24) is 3.97 Å². The molecule has 0 atom stereocenters. The van der Waals surface area contributed by atoms with Crippen LogP contribution in [0.5, 0.6) is 0 Å². The lowest BCUT2D eigenvalue weighted by atomic mass is 10.2. The van der Waals surface area contributed by atoms with Crippen LogP contribution in [0.4, 0.5) is 0 Å². The summed E-state index contributed by atoms with van der Waals surface area (Å²) < 4.78 is 25.1. The van der Waals surface area contributed by atoms with Crippen molar-refractivity contribution in [2.24, 2.45) is 0 Å². The van der Waals surface area contributed by atoms with E-state index in [1.165, 1.54) is 16.4 Å². The van der Waals surface area contributed by atoms with E-state index in [2.05, 4.69) is 0 Å². The Bertz CT molecular complexity index is 540. The molecule has 0 aliphatic rings. The summed E-state index contributed by atoms with van der Waals surface area (Å²) in [6.45, 7) is 5.92. The van der Waals surface area contributed by atoms with Crippen molar-refractivity contribution >= 4 is 10.0 Å². The molecule has 0 aliphatic heterocycles. The summed E-state index contributed by atoms with van der Waals surface area (Å²) in [5.41, 5.74) is 1.04. The van der Waals surface area contributed by atoms with Gasteiger partial charge in [-0.05, 0) is 31.2 Å². The number of hydrogen-bond acceptors (Lipinski definition) is 2. The Hall–Kier alpha value is -1.55. The minimum absolute atomic E-state index is 0.310. The van der Waals surface area contributed by atoms with Crippen LogP contribution in [-0.4, -0.2) is 12.4 Å². The third-order valence-electron chi connectivity index (χ3n) is 2.17. The zero-order valence-electron chi connectivity index (χ0n) is 10.3. The molecule has 2 rings (SSSR count). The lowest BCUT2D eigenvalue weighted by molar-refractivity contribution is 0.587. The maximum absolute atomic E-state index is 12.0. The Labute approximate surface area is 103 Å². The van der Waals surface area contributed by atoms with Crippen LogP contribution in [0, 0.1) is 6.92 Å². The number of rotatable bonds is 2.